The molecule has 1 aromatic rings. The Balaban J connectivity index is 2.68. The first kappa shape index (κ1) is 13.6. The Kier molecular flexibility index (Phi) is 4.19. The summed E-state index contributed by atoms with van der Waals surface area (Å²) < 4.78 is 25.2. The van der Waals surface area contributed by atoms with Crippen LogP contribution < -0.4 is 4.72 Å². The maximum Gasteiger partial charge on any atom is 0.323 e. The number of hydrogen-bond donors (Lipinski definition) is 2. The first-order chi connectivity index (χ1) is 7.83. The summed E-state index contributed by atoms with van der Waals surface area (Å²) in [5.74, 6) is -1.38. The molecular weight excluding hydrogens is 244 g/mol. The Bertz CT molecular complexity index is 496. The summed E-state index contributed by atoms with van der Waals surface area (Å²) in [5, 5.41) is 7.15. The van der Waals surface area contributed by atoms with E-state index in [0.717, 1.165) is 12.6 Å². The van der Waals surface area contributed by atoms with Crippen LogP contribution >= 0.6 is 0 Å². The van der Waals surface area contributed by atoms with Gasteiger partial charge >= 0.3 is 5.97 Å². The quantitative estimate of drug-likeness (QED) is 0.791. The molecule has 0 fully saturated rings. The molecule has 1 atom stereocenters. The van der Waals surface area contributed by atoms with Crippen LogP contribution in [0, 0.1) is 6.92 Å². The van der Waals surface area contributed by atoms with Crippen molar-refractivity contribution in [2.24, 2.45) is 0 Å². The van der Waals surface area contributed by atoms with Gasteiger partial charge in [0, 0.05) is 18.4 Å². The summed E-state index contributed by atoms with van der Waals surface area (Å²) >= 11 is 0. The summed E-state index contributed by atoms with van der Waals surface area (Å²) in [7, 11) is -3.85. The van der Waals surface area contributed by atoms with Crippen LogP contribution in [-0.2, 0) is 21.4 Å². The molecule has 17 heavy (non-hydrogen) atoms. The van der Waals surface area contributed by atoms with Gasteiger partial charge in [-0.2, -0.15) is 0 Å². The van der Waals surface area contributed by atoms with Crippen LogP contribution in [0.15, 0.2) is 18.3 Å². The van der Waals surface area contributed by atoms with Crippen LogP contribution in [0.1, 0.15) is 18.2 Å². The molecule has 7 heteroatoms. The highest BCUT2D eigenvalue weighted by Gasteiger charge is 2.26. The van der Waals surface area contributed by atoms with Gasteiger partial charge in [0.1, 0.15) is 0 Å². The first-order valence-corrected chi connectivity index (χ1v) is 6.50. The highest BCUT2D eigenvalue weighted by molar-refractivity contribution is 7.90. The fourth-order valence-corrected chi connectivity index (χ4v) is 1.93. The Morgan fingerprint density at radius 1 is 1.53 bits per heavy atom. The molecule has 0 saturated carbocycles. The molecule has 0 aliphatic carbocycles. The van der Waals surface area contributed by atoms with Crippen LogP contribution in [0.5, 0.6) is 0 Å². The number of rotatable bonds is 5. The number of hydrogen-bond acceptors (Lipinski definition) is 4. The molecule has 1 heterocycles. The molecule has 0 saturated heterocycles. The number of nitrogens with one attached hydrogen (secondary N) is 1. The molecule has 0 spiro atoms. The van der Waals surface area contributed by atoms with Crippen molar-refractivity contribution in [1.29, 1.82) is 0 Å². The van der Waals surface area contributed by atoms with Crippen molar-refractivity contribution in [3.05, 3.63) is 29.6 Å². The molecule has 2 N–H and O–H groups in total. The van der Waals surface area contributed by atoms with E-state index in [1.807, 2.05) is 6.92 Å². The zero-order valence-electron chi connectivity index (χ0n) is 9.54. The summed E-state index contributed by atoms with van der Waals surface area (Å²) in [6.45, 7) is 2.98. The summed E-state index contributed by atoms with van der Waals surface area (Å²) in [6, 6.07) is 3.49. The van der Waals surface area contributed by atoms with E-state index in [0.29, 0.717) is 5.56 Å². The lowest BCUT2D eigenvalue weighted by molar-refractivity contribution is -0.136. The number of pyridine rings is 1. The molecular formula is C10H14N2O4S. The lowest BCUT2D eigenvalue weighted by Crippen LogP contribution is -2.37. The minimum atomic E-state index is -3.85. The van der Waals surface area contributed by atoms with Gasteiger partial charge in [-0.15, -0.1) is 0 Å². The van der Waals surface area contributed by atoms with E-state index in [-0.39, 0.29) is 6.54 Å². The van der Waals surface area contributed by atoms with Gasteiger partial charge in [-0.3, -0.25) is 9.78 Å². The van der Waals surface area contributed by atoms with Crippen molar-refractivity contribution in [3.63, 3.8) is 0 Å². The maximum absolute atomic E-state index is 11.5. The van der Waals surface area contributed by atoms with Crippen molar-refractivity contribution < 1.29 is 18.3 Å². The highest BCUT2D eigenvalue weighted by Crippen LogP contribution is 2.03. The smallest absolute Gasteiger partial charge is 0.323 e. The third-order valence-corrected chi connectivity index (χ3v) is 3.94. The second-order valence-corrected chi connectivity index (χ2v) is 5.74. The maximum atomic E-state index is 11.5. The van der Waals surface area contributed by atoms with Gasteiger partial charge in [0.2, 0.25) is 10.0 Å². The average molecular weight is 258 g/mol. The summed E-state index contributed by atoms with van der Waals surface area (Å²) in [4.78, 5) is 14.6. The number of carbonyl (C=O) groups is 1. The molecule has 1 aromatic heterocycles. The van der Waals surface area contributed by atoms with E-state index in [1.54, 1.807) is 18.3 Å². The van der Waals surface area contributed by atoms with E-state index in [9.17, 15) is 13.2 Å². The van der Waals surface area contributed by atoms with Crippen LogP contribution in [0.4, 0.5) is 0 Å². The zero-order valence-corrected chi connectivity index (χ0v) is 10.4. The third-order valence-electron chi connectivity index (χ3n) is 2.26. The molecule has 0 radical (unpaired) electrons. The minimum Gasteiger partial charge on any atom is -0.480 e. The van der Waals surface area contributed by atoms with Gasteiger partial charge in [0.15, 0.2) is 5.25 Å². The average Bonchev–Trinajstić information content (AvgIpc) is 2.27. The van der Waals surface area contributed by atoms with Gasteiger partial charge in [0.25, 0.3) is 0 Å². The van der Waals surface area contributed by atoms with Crippen molar-refractivity contribution in [3.8, 4) is 0 Å². The summed E-state index contributed by atoms with van der Waals surface area (Å²) in [5.41, 5.74) is 1.51. The van der Waals surface area contributed by atoms with E-state index in [2.05, 4.69) is 9.71 Å². The predicted molar refractivity (Wildman–Crippen MR) is 61.8 cm³/mol. The monoisotopic (exact) mass is 258 g/mol. The van der Waals surface area contributed by atoms with E-state index in [1.165, 1.54) is 0 Å². The lowest BCUT2D eigenvalue weighted by atomic mass is 10.2. The molecule has 0 amide bonds. The zero-order chi connectivity index (χ0) is 13.1. The van der Waals surface area contributed by atoms with Crippen molar-refractivity contribution in [1.82, 2.24) is 9.71 Å². The molecule has 1 unspecified atom stereocenters. The van der Waals surface area contributed by atoms with Gasteiger partial charge in [-0.05, 0) is 25.5 Å². The van der Waals surface area contributed by atoms with Gasteiger partial charge in [0.05, 0.1) is 0 Å². The minimum absolute atomic E-state index is 0.0350. The number of aryl methyl sites for hydroxylation is 1. The van der Waals surface area contributed by atoms with E-state index < -0.39 is 21.2 Å². The molecule has 0 aromatic carbocycles. The van der Waals surface area contributed by atoms with Crippen molar-refractivity contribution in [2.75, 3.05) is 0 Å². The van der Waals surface area contributed by atoms with E-state index in [4.69, 9.17) is 5.11 Å². The van der Waals surface area contributed by atoms with Crippen LogP contribution in [-0.4, -0.2) is 29.7 Å². The molecule has 6 nitrogen and oxygen atoms in total. The number of carboxylic acids is 1. The molecule has 0 aliphatic rings. The van der Waals surface area contributed by atoms with E-state index >= 15 is 0 Å². The number of aromatic nitrogens is 1. The molecule has 0 aliphatic heterocycles. The predicted octanol–water partition coefficient (Wildman–Crippen LogP) is 0.283. The van der Waals surface area contributed by atoms with Gasteiger partial charge < -0.3 is 5.11 Å². The van der Waals surface area contributed by atoms with Crippen molar-refractivity contribution in [2.45, 2.75) is 25.6 Å². The number of aliphatic carboxylic acids is 1. The topological polar surface area (TPSA) is 96.4 Å². The number of carboxylic acid groups (broad SMARTS) is 1. The molecule has 94 valence electrons. The lowest BCUT2D eigenvalue weighted by Gasteiger charge is -2.09. The second kappa shape index (κ2) is 5.24. The van der Waals surface area contributed by atoms with Crippen LogP contribution in [0.25, 0.3) is 0 Å². The first-order valence-electron chi connectivity index (χ1n) is 4.96. The normalized spacial score (nSPS) is 13.3. The largest absolute Gasteiger partial charge is 0.480 e. The van der Waals surface area contributed by atoms with Crippen LogP contribution in [0.2, 0.25) is 0 Å². The Hall–Kier alpha value is -1.47. The second-order valence-electron chi connectivity index (χ2n) is 3.65. The Morgan fingerprint density at radius 3 is 2.65 bits per heavy atom. The molecule has 1 rings (SSSR count). The fourth-order valence-electron chi connectivity index (χ4n) is 1.04. The van der Waals surface area contributed by atoms with Gasteiger partial charge in [-0.1, -0.05) is 6.07 Å². The molecule has 0 bridgehead atoms. The Labute approximate surface area is 99.7 Å². The number of sulfonamides is 1. The third kappa shape index (κ3) is 3.79. The highest BCUT2D eigenvalue weighted by atomic mass is 32.2. The standard InChI is InChI=1S/C10H14N2O4S/c1-7-3-4-9(5-11-7)6-12-17(15,16)8(2)10(13)14/h3-5,8,12H,6H2,1-2H3,(H,13,14). The van der Waals surface area contributed by atoms with Gasteiger partial charge in [-0.25, -0.2) is 13.1 Å². The number of nitrogens with zero attached hydrogens (tertiary/aromatic N) is 1. The SMILES string of the molecule is Cc1ccc(CNS(=O)(=O)C(C)C(=O)O)cn1. The Morgan fingerprint density at radius 2 is 2.18 bits per heavy atom. The summed E-state index contributed by atoms with van der Waals surface area (Å²) in [6.07, 6.45) is 1.54. The van der Waals surface area contributed by atoms with Crippen LogP contribution in [0.3, 0.4) is 0 Å². The van der Waals surface area contributed by atoms with Crippen molar-refractivity contribution >= 4 is 16.0 Å². The fraction of sp³-hybridized carbons (Fsp3) is 0.400.